The van der Waals surface area contributed by atoms with Crippen molar-refractivity contribution < 1.29 is 9.53 Å². The number of benzene rings is 1. The molecule has 0 saturated heterocycles. The number of hydrogen-bond donors (Lipinski definition) is 0. The Morgan fingerprint density at radius 1 is 1.15 bits per heavy atom. The van der Waals surface area contributed by atoms with Crippen LogP contribution in [0, 0.1) is 0 Å². The number of amides is 1. The highest BCUT2D eigenvalue weighted by molar-refractivity contribution is 5.71. The van der Waals surface area contributed by atoms with E-state index in [0.29, 0.717) is 12.3 Å². The fraction of sp³-hybridized carbons (Fsp3) is 0.545. The van der Waals surface area contributed by atoms with Gasteiger partial charge in [0.2, 0.25) is 0 Å². The predicted octanol–water partition coefficient (Wildman–Crippen LogP) is 5.35. The number of carbonyl (C=O) groups excluding carboxylic acids is 1. The van der Waals surface area contributed by atoms with Gasteiger partial charge >= 0.3 is 6.09 Å². The highest BCUT2D eigenvalue weighted by Crippen LogP contribution is 2.26. The second-order valence-electron chi connectivity index (χ2n) is 8.80. The molecule has 5 nitrogen and oxygen atoms in total. The number of rotatable bonds is 4. The van der Waals surface area contributed by atoms with Crippen molar-refractivity contribution in [2.75, 3.05) is 6.54 Å². The van der Waals surface area contributed by atoms with Crippen LogP contribution in [0.15, 0.2) is 30.5 Å². The predicted molar refractivity (Wildman–Crippen MR) is 110 cm³/mol. The summed E-state index contributed by atoms with van der Waals surface area (Å²) in [5, 5.41) is 0. The van der Waals surface area contributed by atoms with Crippen LogP contribution in [-0.4, -0.2) is 32.6 Å². The monoisotopic (exact) mass is 371 g/mol. The third-order valence-corrected chi connectivity index (χ3v) is 4.51. The second kappa shape index (κ2) is 7.75. The Balaban J connectivity index is 2.33. The number of imidazole rings is 1. The first kappa shape index (κ1) is 21.0. The Morgan fingerprint density at radius 3 is 2.33 bits per heavy atom. The Kier molecular flexibility index (Phi) is 6.03. The molecule has 0 saturated carbocycles. The van der Waals surface area contributed by atoms with Gasteiger partial charge in [0.1, 0.15) is 11.6 Å². The molecule has 0 aliphatic rings. The molecule has 0 aliphatic carbocycles. The fourth-order valence-electron chi connectivity index (χ4n) is 2.98. The standard InChI is InChI=1S/C22H33N3O2/c1-9-19-23-18(21(3,4)5)15-24(19)16-12-11-13-17(14-16)27-20(26)25(10-2)22(6,7)8/h11-15H,9-10H2,1-8H3. The van der Waals surface area contributed by atoms with Crippen LogP contribution in [0.3, 0.4) is 0 Å². The van der Waals surface area contributed by atoms with Crippen LogP contribution in [0.5, 0.6) is 5.75 Å². The van der Waals surface area contributed by atoms with E-state index < -0.39 is 0 Å². The van der Waals surface area contributed by atoms with E-state index in [1.54, 1.807) is 4.90 Å². The van der Waals surface area contributed by atoms with Gasteiger partial charge in [0, 0.05) is 36.2 Å². The van der Waals surface area contributed by atoms with Gasteiger partial charge in [-0.2, -0.15) is 0 Å². The molecule has 27 heavy (non-hydrogen) atoms. The van der Waals surface area contributed by atoms with Gasteiger partial charge in [-0.3, -0.25) is 0 Å². The average molecular weight is 372 g/mol. The van der Waals surface area contributed by atoms with Gasteiger partial charge in [0.25, 0.3) is 0 Å². The maximum Gasteiger partial charge on any atom is 0.415 e. The largest absolute Gasteiger partial charge is 0.415 e. The van der Waals surface area contributed by atoms with Crippen molar-refractivity contribution in [3.8, 4) is 11.4 Å². The van der Waals surface area contributed by atoms with E-state index >= 15 is 0 Å². The maximum atomic E-state index is 12.6. The third kappa shape index (κ3) is 4.90. The molecule has 148 valence electrons. The Labute approximate surface area is 163 Å². The van der Waals surface area contributed by atoms with Gasteiger partial charge in [-0.25, -0.2) is 9.78 Å². The van der Waals surface area contributed by atoms with Crippen molar-refractivity contribution in [1.82, 2.24) is 14.5 Å². The lowest BCUT2D eigenvalue weighted by atomic mass is 9.93. The summed E-state index contributed by atoms with van der Waals surface area (Å²) < 4.78 is 7.74. The first-order valence-electron chi connectivity index (χ1n) is 9.66. The summed E-state index contributed by atoms with van der Waals surface area (Å²) >= 11 is 0. The summed E-state index contributed by atoms with van der Waals surface area (Å²) in [5.41, 5.74) is 1.68. The van der Waals surface area contributed by atoms with E-state index in [4.69, 9.17) is 9.72 Å². The van der Waals surface area contributed by atoms with Gasteiger partial charge in [0.15, 0.2) is 0 Å². The average Bonchev–Trinajstić information content (AvgIpc) is 2.99. The molecular weight excluding hydrogens is 338 g/mol. The molecule has 2 aromatic rings. The summed E-state index contributed by atoms with van der Waals surface area (Å²) in [4.78, 5) is 19.1. The highest BCUT2D eigenvalue weighted by atomic mass is 16.6. The third-order valence-electron chi connectivity index (χ3n) is 4.51. The minimum atomic E-state index is -0.334. The molecule has 1 amide bonds. The number of hydrogen-bond acceptors (Lipinski definition) is 3. The SMILES string of the molecule is CCc1nc(C(C)(C)C)cn1-c1cccc(OC(=O)N(CC)C(C)(C)C)c1. The summed E-state index contributed by atoms with van der Waals surface area (Å²) in [5.74, 6) is 1.53. The molecule has 0 atom stereocenters. The molecule has 1 heterocycles. The van der Waals surface area contributed by atoms with Crippen LogP contribution in [0.1, 0.15) is 66.9 Å². The Hall–Kier alpha value is -2.30. The molecule has 5 heteroatoms. The molecule has 2 rings (SSSR count). The lowest BCUT2D eigenvalue weighted by Gasteiger charge is -2.33. The quantitative estimate of drug-likeness (QED) is 0.728. The van der Waals surface area contributed by atoms with Crippen molar-refractivity contribution in [2.24, 2.45) is 0 Å². The summed E-state index contributed by atoms with van der Waals surface area (Å²) in [6, 6.07) is 7.61. The Bertz CT molecular complexity index is 795. The van der Waals surface area contributed by atoms with E-state index in [0.717, 1.165) is 23.6 Å². The van der Waals surface area contributed by atoms with Gasteiger partial charge in [-0.1, -0.05) is 33.8 Å². The number of ether oxygens (including phenoxy) is 1. The normalized spacial score (nSPS) is 12.1. The molecule has 0 fully saturated rings. The molecule has 0 bridgehead atoms. The van der Waals surface area contributed by atoms with Crippen LogP contribution < -0.4 is 4.74 Å². The molecule has 0 radical (unpaired) electrons. The first-order valence-corrected chi connectivity index (χ1v) is 9.66. The molecular formula is C22H33N3O2. The minimum absolute atomic E-state index is 0.0203. The zero-order chi connectivity index (χ0) is 20.4. The zero-order valence-corrected chi connectivity index (χ0v) is 18.0. The summed E-state index contributed by atoms with van der Waals surface area (Å²) in [6.45, 7) is 17.1. The fourth-order valence-corrected chi connectivity index (χ4v) is 2.98. The van der Waals surface area contributed by atoms with Gasteiger partial charge < -0.3 is 14.2 Å². The van der Waals surface area contributed by atoms with E-state index in [-0.39, 0.29) is 17.0 Å². The van der Waals surface area contributed by atoms with Gasteiger partial charge in [0.05, 0.1) is 11.4 Å². The van der Waals surface area contributed by atoms with Gasteiger partial charge in [-0.05, 0) is 39.8 Å². The molecule has 1 aromatic carbocycles. The summed E-state index contributed by atoms with van der Waals surface area (Å²) in [6.07, 6.45) is 2.57. The first-order chi connectivity index (χ1) is 12.5. The van der Waals surface area contributed by atoms with Crippen molar-refractivity contribution in [3.05, 3.63) is 42.0 Å². The Morgan fingerprint density at radius 2 is 1.81 bits per heavy atom. The van der Waals surface area contributed by atoms with E-state index in [9.17, 15) is 4.79 Å². The molecule has 0 aliphatic heterocycles. The minimum Gasteiger partial charge on any atom is -0.410 e. The molecule has 1 aromatic heterocycles. The van der Waals surface area contributed by atoms with E-state index in [2.05, 4.69) is 38.5 Å². The molecule has 0 spiro atoms. The number of nitrogens with zero attached hydrogens (tertiary/aromatic N) is 3. The molecule has 0 N–H and O–H groups in total. The topological polar surface area (TPSA) is 47.4 Å². The van der Waals surface area contributed by atoms with Crippen LogP contribution in [0.25, 0.3) is 5.69 Å². The molecule has 0 unspecified atom stereocenters. The highest BCUT2D eigenvalue weighted by Gasteiger charge is 2.26. The van der Waals surface area contributed by atoms with Crippen molar-refractivity contribution >= 4 is 6.09 Å². The van der Waals surface area contributed by atoms with Gasteiger partial charge in [-0.15, -0.1) is 0 Å². The smallest absolute Gasteiger partial charge is 0.410 e. The number of aryl methyl sites for hydroxylation is 1. The zero-order valence-electron chi connectivity index (χ0n) is 18.0. The lowest BCUT2D eigenvalue weighted by Crippen LogP contribution is -2.46. The van der Waals surface area contributed by atoms with Crippen LogP contribution in [0.2, 0.25) is 0 Å². The number of aromatic nitrogens is 2. The van der Waals surface area contributed by atoms with Crippen LogP contribution >= 0.6 is 0 Å². The maximum absolute atomic E-state index is 12.6. The van der Waals surface area contributed by atoms with Crippen molar-refractivity contribution in [2.45, 2.75) is 72.8 Å². The van der Waals surface area contributed by atoms with Crippen LogP contribution in [0.4, 0.5) is 4.79 Å². The second-order valence-corrected chi connectivity index (χ2v) is 8.80. The summed E-state index contributed by atoms with van der Waals surface area (Å²) in [7, 11) is 0. The number of carbonyl (C=O) groups is 1. The lowest BCUT2D eigenvalue weighted by molar-refractivity contribution is 0.110. The van der Waals surface area contributed by atoms with Crippen molar-refractivity contribution in [3.63, 3.8) is 0 Å². The van der Waals surface area contributed by atoms with E-state index in [1.807, 2.05) is 52.0 Å². The van der Waals surface area contributed by atoms with Crippen LogP contribution in [-0.2, 0) is 11.8 Å². The van der Waals surface area contributed by atoms with Crippen molar-refractivity contribution in [1.29, 1.82) is 0 Å². The van der Waals surface area contributed by atoms with E-state index in [1.165, 1.54) is 0 Å².